The summed E-state index contributed by atoms with van der Waals surface area (Å²) in [4.78, 5) is 11.3. The van der Waals surface area contributed by atoms with Crippen LogP contribution in [-0.2, 0) is 11.2 Å². The summed E-state index contributed by atoms with van der Waals surface area (Å²) in [5.41, 5.74) is 1.54. The highest BCUT2D eigenvalue weighted by atomic mass is 16.5. The van der Waals surface area contributed by atoms with Crippen LogP contribution in [0.1, 0.15) is 43.4 Å². The molecular formula is C27H30N2O4. The van der Waals surface area contributed by atoms with Crippen LogP contribution in [0.3, 0.4) is 0 Å². The highest BCUT2D eigenvalue weighted by molar-refractivity contribution is 5.83. The minimum absolute atomic E-state index is 0.0152. The van der Waals surface area contributed by atoms with Gasteiger partial charge < -0.3 is 20.3 Å². The molecule has 2 atom stereocenters. The number of nitrogens with zero attached hydrogens (tertiary/aromatic N) is 1. The van der Waals surface area contributed by atoms with Gasteiger partial charge in [0.2, 0.25) is 0 Å². The molecule has 0 heterocycles. The van der Waals surface area contributed by atoms with Crippen molar-refractivity contribution in [2.24, 2.45) is 0 Å². The fourth-order valence-electron chi connectivity index (χ4n) is 3.84. The SMILES string of the molecule is C[C@@H](C(=O)O)c1cccc(OC[C@H](O)CNC(C)(C)Cc2ccc3ccccc3c2)c1C#N. The Morgan fingerprint density at radius 3 is 2.55 bits per heavy atom. The molecule has 6 heteroatoms. The van der Waals surface area contributed by atoms with Crippen molar-refractivity contribution in [1.82, 2.24) is 5.32 Å². The minimum atomic E-state index is -1.01. The summed E-state index contributed by atoms with van der Waals surface area (Å²) in [5, 5.41) is 35.0. The third-order valence-electron chi connectivity index (χ3n) is 5.71. The van der Waals surface area contributed by atoms with Crippen LogP contribution in [0.5, 0.6) is 5.75 Å². The van der Waals surface area contributed by atoms with Gasteiger partial charge in [-0.2, -0.15) is 5.26 Å². The maximum Gasteiger partial charge on any atom is 0.310 e. The molecule has 3 aromatic rings. The molecule has 33 heavy (non-hydrogen) atoms. The van der Waals surface area contributed by atoms with Gasteiger partial charge in [0, 0.05) is 12.1 Å². The number of ether oxygens (including phenoxy) is 1. The molecule has 0 saturated carbocycles. The number of fused-ring (bicyclic) bond motifs is 1. The van der Waals surface area contributed by atoms with Crippen LogP contribution in [-0.4, -0.2) is 41.0 Å². The number of carboxylic acids is 1. The molecule has 0 aliphatic carbocycles. The zero-order valence-corrected chi connectivity index (χ0v) is 19.2. The molecule has 172 valence electrons. The Morgan fingerprint density at radius 2 is 1.85 bits per heavy atom. The molecule has 0 amide bonds. The second kappa shape index (κ2) is 10.5. The van der Waals surface area contributed by atoms with E-state index in [4.69, 9.17) is 4.74 Å². The maximum absolute atomic E-state index is 11.3. The first-order valence-corrected chi connectivity index (χ1v) is 11.0. The molecule has 0 aromatic heterocycles. The van der Waals surface area contributed by atoms with E-state index >= 15 is 0 Å². The Labute approximate surface area is 194 Å². The van der Waals surface area contributed by atoms with Crippen LogP contribution in [0.15, 0.2) is 60.7 Å². The normalized spacial score (nSPS) is 13.3. The lowest BCUT2D eigenvalue weighted by molar-refractivity contribution is -0.138. The number of nitriles is 1. The summed E-state index contributed by atoms with van der Waals surface area (Å²) in [5.74, 6) is -1.57. The third kappa shape index (κ3) is 6.32. The lowest BCUT2D eigenvalue weighted by Gasteiger charge is -2.28. The van der Waals surface area contributed by atoms with Gasteiger partial charge in [0.25, 0.3) is 0 Å². The molecule has 3 aromatic carbocycles. The number of benzene rings is 3. The van der Waals surface area contributed by atoms with Crippen LogP contribution in [0.2, 0.25) is 0 Å². The number of carbonyl (C=O) groups is 1. The van der Waals surface area contributed by atoms with Crippen molar-refractivity contribution < 1.29 is 19.7 Å². The van der Waals surface area contributed by atoms with E-state index in [0.29, 0.717) is 12.1 Å². The van der Waals surface area contributed by atoms with Crippen molar-refractivity contribution in [3.8, 4) is 11.8 Å². The van der Waals surface area contributed by atoms with Gasteiger partial charge in [-0.15, -0.1) is 0 Å². The van der Waals surface area contributed by atoms with Gasteiger partial charge in [0.05, 0.1) is 11.5 Å². The van der Waals surface area contributed by atoms with Crippen molar-refractivity contribution in [3.05, 3.63) is 77.4 Å². The van der Waals surface area contributed by atoms with E-state index in [9.17, 15) is 20.3 Å². The summed E-state index contributed by atoms with van der Waals surface area (Å²) < 4.78 is 5.69. The number of nitrogens with one attached hydrogen (secondary N) is 1. The molecule has 3 rings (SSSR count). The van der Waals surface area contributed by atoms with Gasteiger partial charge >= 0.3 is 5.97 Å². The summed E-state index contributed by atoms with van der Waals surface area (Å²) in [6.07, 6.45) is -0.00738. The Bertz CT molecular complexity index is 1170. The molecule has 0 unspecified atom stereocenters. The van der Waals surface area contributed by atoms with Gasteiger partial charge in [-0.05, 0) is 55.2 Å². The number of hydrogen-bond donors (Lipinski definition) is 3. The van der Waals surface area contributed by atoms with Gasteiger partial charge in [-0.1, -0.05) is 54.6 Å². The van der Waals surface area contributed by atoms with Crippen molar-refractivity contribution in [2.45, 2.75) is 44.8 Å². The smallest absolute Gasteiger partial charge is 0.310 e. The number of aliphatic hydroxyl groups is 1. The molecule has 0 radical (unpaired) electrons. The van der Waals surface area contributed by atoms with Gasteiger partial charge in [0.15, 0.2) is 0 Å². The highest BCUT2D eigenvalue weighted by Crippen LogP contribution is 2.28. The average Bonchev–Trinajstić information content (AvgIpc) is 2.80. The predicted octanol–water partition coefficient (Wildman–Crippen LogP) is 4.25. The van der Waals surface area contributed by atoms with Crippen molar-refractivity contribution in [1.29, 1.82) is 5.26 Å². The van der Waals surface area contributed by atoms with E-state index in [1.807, 2.05) is 18.2 Å². The van der Waals surface area contributed by atoms with Gasteiger partial charge in [-0.25, -0.2) is 0 Å². The monoisotopic (exact) mass is 446 g/mol. The van der Waals surface area contributed by atoms with Crippen LogP contribution < -0.4 is 10.1 Å². The van der Waals surface area contributed by atoms with E-state index in [1.54, 1.807) is 18.2 Å². The highest BCUT2D eigenvalue weighted by Gasteiger charge is 2.22. The van der Waals surface area contributed by atoms with E-state index in [-0.39, 0.29) is 23.5 Å². The van der Waals surface area contributed by atoms with E-state index in [2.05, 4.69) is 49.5 Å². The molecule has 0 spiro atoms. The van der Waals surface area contributed by atoms with Crippen molar-refractivity contribution >= 4 is 16.7 Å². The second-order valence-electron chi connectivity index (χ2n) is 8.98. The standard InChI is InChI=1S/C27H30N2O4/c1-18(26(31)32)23-9-6-10-25(24(23)15-28)33-17-22(30)16-29-27(2,3)14-19-11-12-20-7-4-5-8-21(20)13-19/h4-13,18,22,29-30H,14,16-17H2,1-3H3,(H,31,32)/t18-,22-/m1/s1. The van der Waals surface area contributed by atoms with E-state index < -0.39 is 18.0 Å². The zero-order chi connectivity index (χ0) is 24.0. The summed E-state index contributed by atoms with van der Waals surface area (Å²) >= 11 is 0. The number of carboxylic acid groups (broad SMARTS) is 1. The quantitative estimate of drug-likeness (QED) is 0.430. The number of aliphatic hydroxyl groups excluding tert-OH is 1. The minimum Gasteiger partial charge on any atom is -0.489 e. The lowest BCUT2D eigenvalue weighted by atomic mass is 9.93. The first-order valence-electron chi connectivity index (χ1n) is 11.0. The number of β-amino-alcohol motifs (C(OH)–C–C–N with tert-alkyl or cyclic N) is 1. The number of rotatable bonds is 10. The predicted molar refractivity (Wildman–Crippen MR) is 128 cm³/mol. The van der Waals surface area contributed by atoms with Crippen molar-refractivity contribution in [2.75, 3.05) is 13.2 Å². The average molecular weight is 447 g/mol. The van der Waals surface area contributed by atoms with Gasteiger partial charge in [0.1, 0.15) is 24.5 Å². The maximum atomic E-state index is 11.3. The van der Waals surface area contributed by atoms with Crippen LogP contribution in [0.25, 0.3) is 10.8 Å². The molecule has 0 aliphatic rings. The topological polar surface area (TPSA) is 103 Å². The zero-order valence-electron chi connectivity index (χ0n) is 19.2. The van der Waals surface area contributed by atoms with E-state index in [1.165, 1.54) is 23.3 Å². The Kier molecular flexibility index (Phi) is 7.70. The molecule has 0 fully saturated rings. The molecule has 0 aliphatic heterocycles. The molecule has 6 nitrogen and oxygen atoms in total. The van der Waals surface area contributed by atoms with Crippen LogP contribution in [0, 0.1) is 11.3 Å². The first-order chi connectivity index (χ1) is 15.7. The number of hydrogen-bond acceptors (Lipinski definition) is 5. The Morgan fingerprint density at radius 1 is 1.12 bits per heavy atom. The van der Waals surface area contributed by atoms with Crippen LogP contribution in [0.4, 0.5) is 0 Å². The molecule has 3 N–H and O–H groups in total. The van der Waals surface area contributed by atoms with Gasteiger partial charge in [-0.3, -0.25) is 4.79 Å². The first kappa shape index (κ1) is 24.2. The molecule has 0 saturated heterocycles. The largest absolute Gasteiger partial charge is 0.489 e. The van der Waals surface area contributed by atoms with Crippen molar-refractivity contribution in [3.63, 3.8) is 0 Å². The Balaban J connectivity index is 1.57. The molecule has 0 bridgehead atoms. The Hall–Kier alpha value is -3.40. The third-order valence-corrected chi connectivity index (χ3v) is 5.71. The summed E-state index contributed by atoms with van der Waals surface area (Å²) in [6, 6.07) is 21.6. The molecular weight excluding hydrogens is 416 g/mol. The van der Waals surface area contributed by atoms with Crippen LogP contribution >= 0.6 is 0 Å². The fraction of sp³-hybridized carbons (Fsp3) is 0.333. The fourth-order valence-corrected chi connectivity index (χ4v) is 3.84. The lowest BCUT2D eigenvalue weighted by Crippen LogP contribution is -2.46. The summed E-state index contributed by atoms with van der Waals surface area (Å²) in [6.45, 7) is 5.99. The number of aliphatic carboxylic acids is 1. The second-order valence-corrected chi connectivity index (χ2v) is 8.98. The van der Waals surface area contributed by atoms with E-state index in [0.717, 1.165) is 6.42 Å². The summed E-state index contributed by atoms with van der Waals surface area (Å²) in [7, 11) is 0.